The highest BCUT2D eigenvalue weighted by atomic mass is 35.5. The Morgan fingerprint density at radius 2 is 2.06 bits per heavy atom. The van der Waals surface area contributed by atoms with E-state index in [0.29, 0.717) is 11.1 Å². The van der Waals surface area contributed by atoms with Crippen molar-refractivity contribution in [1.82, 2.24) is 19.9 Å². The largest absolute Gasteiger partial charge is 0.354 e. The predicted molar refractivity (Wildman–Crippen MR) is 72.9 cm³/mol. The van der Waals surface area contributed by atoms with E-state index >= 15 is 0 Å². The number of nitrogens with zero attached hydrogens (tertiary/aromatic N) is 4. The first-order valence-electron chi connectivity index (χ1n) is 5.54. The van der Waals surface area contributed by atoms with Crippen LogP contribution in [0.2, 0.25) is 5.28 Å². The smallest absolute Gasteiger partial charge is 0.228 e. The quantitative estimate of drug-likeness (QED) is 0.768. The maximum atomic E-state index is 5.84. The number of rotatable bonds is 7. The van der Waals surface area contributed by atoms with Crippen molar-refractivity contribution < 1.29 is 0 Å². The van der Waals surface area contributed by atoms with Crippen molar-refractivity contribution in [2.45, 2.75) is 18.5 Å². The fourth-order valence-corrected chi connectivity index (χ4v) is 2.18. The molecule has 0 aliphatic heterocycles. The second kappa shape index (κ2) is 7.68. The molecule has 0 amide bonds. The van der Waals surface area contributed by atoms with Gasteiger partial charge in [0, 0.05) is 18.8 Å². The molecular weight excluding hydrogens is 258 g/mol. The third-order valence-corrected chi connectivity index (χ3v) is 2.89. The summed E-state index contributed by atoms with van der Waals surface area (Å²) in [6.07, 6.45) is 1.02. The summed E-state index contributed by atoms with van der Waals surface area (Å²) in [5, 5.41) is 4.02. The third kappa shape index (κ3) is 6.05. The summed E-state index contributed by atoms with van der Waals surface area (Å²) in [4.78, 5) is 14.5. The van der Waals surface area contributed by atoms with Gasteiger partial charge in [-0.25, -0.2) is 0 Å². The van der Waals surface area contributed by atoms with Crippen molar-refractivity contribution in [2.75, 3.05) is 38.3 Å². The lowest BCUT2D eigenvalue weighted by molar-refractivity contribution is 0.437. The molecular formula is C10H18ClN5S. The van der Waals surface area contributed by atoms with Crippen molar-refractivity contribution in [1.29, 1.82) is 0 Å². The molecule has 1 aromatic heterocycles. The molecule has 0 fully saturated rings. The lowest BCUT2D eigenvalue weighted by atomic mass is 10.5. The van der Waals surface area contributed by atoms with Gasteiger partial charge in [-0.2, -0.15) is 15.0 Å². The van der Waals surface area contributed by atoms with E-state index in [9.17, 15) is 0 Å². The highest BCUT2D eigenvalue weighted by Crippen LogP contribution is 2.16. The van der Waals surface area contributed by atoms with Crippen LogP contribution in [0.15, 0.2) is 5.16 Å². The van der Waals surface area contributed by atoms with Gasteiger partial charge in [0.05, 0.1) is 0 Å². The number of nitrogens with one attached hydrogen (secondary N) is 1. The van der Waals surface area contributed by atoms with Crippen LogP contribution in [0, 0.1) is 0 Å². The minimum absolute atomic E-state index is 0.242. The predicted octanol–water partition coefficient (Wildman–Crippen LogP) is 2.00. The van der Waals surface area contributed by atoms with Gasteiger partial charge in [0.25, 0.3) is 0 Å². The van der Waals surface area contributed by atoms with Gasteiger partial charge in [0.1, 0.15) is 0 Å². The molecule has 0 aliphatic rings. The van der Waals surface area contributed by atoms with Crippen molar-refractivity contribution in [3.8, 4) is 0 Å². The molecule has 0 bridgehead atoms. The van der Waals surface area contributed by atoms with E-state index in [0.717, 1.165) is 25.3 Å². The van der Waals surface area contributed by atoms with Gasteiger partial charge in [-0.1, -0.05) is 18.7 Å². The summed E-state index contributed by atoms with van der Waals surface area (Å²) in [5.41, 5.74) is 0. The highest BCUT2D eigenvalue weighted by molar-refractivity contribution is 7.99. The molecule has 7 heteroatoms. The van der Waals surface area contributed by atoms with Crippen molar-refractivity contribution in [3.63, 3.8) is 0 Å². The van der Waals surface area contributed by atoms with Crippen LogP contribution in [0.5, 0.6) is 0 Å². The van der Waals surface area contributed by atoms with Crippen LogP contribution in [0.25, 0.3) is 0 Å². The van der Waals surface area contributed by atoms with E-state index in [1.54, 1.807) is 11.8 Å². The van der Waals surface area contributed by atoms with Crippen LogP contribution in [0.1, 0.15) is 13.3 Å². The van der Waals surface area contributed by atoms with E-state index in [-0.39, 0.29) is 5.28 Å². The van der Waals surface area contributed by atoms with Crippen LogP contribution in [-0.2, 0) is 0 Å². The van der Waals surface area contributed by atoms with Crippen molar-refractivity contribution in [3.05, 3.63) is 5.28 Å². The molecule has 0 spiro atoms. The van der Waals surface area contributed by atoms with E-state index in [4.69, 9.17) is 11.6 Å². The monoisotopic (exact) mass is 275 g/mol. The summed E-state index contributed by atoms with van der Waals surface area (Å²) in [7, 11) is 4.07. The Morgan fingerprint density at radius 3 is 2.71 bits per heavy atom. The number of aromatic nitrogens is 3. The first-order valence-corrected chi connectivity index (χ1v) is 6.91. The number of hydrogen-bond donors (Lipinski definition) is 1. The molecule has 0 radical (unpaired) electrons. The fourth-order valence-electron chi connectivity index (χ4n) is 1.03. The van der Waals surface area contributed by atoms with Crippen LogP contribution >= 0.6 is 23.4 Å². The zero-order chi connectivity index (χ0) is 12.7. The van der Waals surface area contributed by atoms with Crippen molar-refractivity contribution >= 4 is 29.3 Å². The van der Waals surface area contributed by atoms with Gasteiger partial charge >= 0.3 is 0 Å². The lowest BCUT2D eigenvalue weighted by Gasteiger charge is -2.08. The van der Waals surface area contributed by atoms with E-state index in [1.165, 1.54) is 0 Å². The Kier molecular flexibility index (Phi) is 6.54. The number of halogens is 1. The molecule has 1 rings (SSSR count). The normalized spacial score (nSPS) is 10.9. The van der Waals surface area contributed by atoms with Crippen LogP contribution in [-0.4, -0.2) is 52.8 Å². The Bertz CT molecular complexity index is 347. The molecule has 1 heterocycles. The average Bonchev–Trinajstić information content (AvgIpc) is 2.25. The van der Waals surface area contributed by atoms with Gasteiger partial charge in [-0.3, -0.25) is 0 Å². The van der Waals surface area contributed by atoms with Gasteiger partial charge in [0.15, 0.2) is 5.16 Å². The maximum Gasteiger partial charge on any atom is 0.228 e. The zero-order valence-corrected chi connectivity index (χ0v) is 12.0. The Balaban J connectivity index is 2.55. The molecule has 0 saturated heterocycles. The summed E-state index contributed by atoms with van der Waals surface area (Å²) in [6, 6.07) is 0. The van der Waals surface area contributed by atoms with E-state index in [1.807, 2.05) is 14.1 Å². The minimum Gasteiger partial charge on any atom is -0.354 e. The molecule has 1 N–H and O–H groups in total. The van der Waals surface area contributed by atoms with Crippen LogP contribution < -0.4 is 5.32 Å². The minimum atomic E-state index is 0.242. The first kappa shape index (κ1) is 14.5. The molecule has 96 valence electrons. The Labute approximate surface area is 111 Å². The van der Waals surface area contributed by atoms with Crippen LogP contribution in [0.3, 0.4) is 0 Å². The second-order valence-corrected chi connectivity index (χ2v) is 5.19. The summed E-state index contributed by atoms with van der Waals surface area (Å²) in [6.45, 7) is 3.90. The van der Waals surface area contributed by atoms with E-state index in [2.05, 4.69) is 32.1 Å². The molecule has 1 aromatic rings. The molecule has 0 aromatic carbocycles. The number of thioether (sulfide) groups is 1. The topological polar surface area (TPSA) is 53.9 Å². The van der Waals surface area contributed by atoms with Gasteiger partial charge in [0.2, 0.25) is 11.2 Å². The first-order chi connectivity index (χ1) is 8.11. The summed E-state index contributed by atoms with van der Waals surface area (Å²) >= 11 is 7.43. The van der Waals surface area contributed by atoms with Crippen molar-refractivity contribution in [2.24, 2.45) is 0 Å². The van der Waals surface area contributed by atoms with E-state index < -0.39 is 0 Å². The van der Waals surface area contributed by atoms with Gasteiger partial charge in [-0.15, -0.1) is 0 Å². The molecule has 0 saturated carbocycles. The standard InChI is InChI=1S/C10H18ClN5S/c1-4-5-12-9-13-8(11)14-10(15-9)17-7-6-16(2)3/h4-7H2,1-3H3,(H,12,13,14,15). The maximum absolute atomic E-state index is 5.84. The molecule has 0 unspecified atom stereocenters. The van der Waals surface area contributed by atoms with Gasteiger partial charge in [-0.05, 0) is 32.1 Å². The molecule has 17 heavy (non-hydrogen) atoms. The SMILES string of the molecule is CCCNc1nc(Cl)nc(SCCN(C)C)n1. The number of anilines is 1. The fraction of sp³-hybridized carbons (Fsp3) is 0.700. The highest BCUT2D eigenvalue weighted by Gasteiger charge is 2.05. The zero-order valence-electron chi connectivity index (χ0n) is 10.4. The van der Waals surface area contributed by atoms with Crippen LogP contribution in [0.4, 0.5) is 5.95 Å². The average molecular weight is 276 g/mol. The summed E-state index contributed by atoms with van der Waals surface area (Å²) in [5.74, 6) is 1.49. The van der Waals surface area contributed by atoms with Gasteiger partial charge < -0.3 is 10.2 Å². The molecule has 5 nitrogen and oxygen atoms in total. The Morgan fingerprint density at radius 1 is 1.29 bits per heavy atom. The molecule has 0 aliphatic carbocycles. The molecule has 0 atom stereocenters. The lowest BCUT2D eigenvalue weighted by Crippen LogP contribution is -2.15. The Hall–Kier alpha value is -0.590. The summed E-state index contributed by atoms with van der Waals surface area (Å²) < 4.78 is 0. The number of hydrogen-bond acceptors (Lipinski definition) is 6. The third-order valence-electron chi connectivity index (χ3n) is 1.89. The second-order valence-electron chi connectivity index (χ2n) is 3.79.